The zero-order valence-electron chi connectivity index (χ0n) is 11.9. The van der Waals surface area contributed by atoms with E-state index in [4.69, 9.17) is 8.83 Å². The highest BCUT2D eigenvalue weighted by Crippen LogP contribution is 2.30. The van der Waals surface area contributed by atoms with Crippen molar-refractivity contribution in [2.24, 2.45) is 0 Å². The number of nitro benzene ring substituents is 1. The van der Waals surface area contributed by atoms with Gasteiger partial charge in [-0.3, -0.25) is 14.9 Å². The summed E-state index contributed by atoms with van der Waals surface area (Å²) in [6.07, 6.45) is 1.51. The number of rotatable bonds is 5. The van der Waals surface area contributed by atoms with Crippen LogP contribution in [0.1, 0.15) is 16.3 Å². The lowest BCUT2D eigenvalue weighted by Crippen LogP contribution is -2.21. The Bertz CT molecular complexity index is 836. The molecule has 3 aromatic rings. The molecule has 1 N–H and O–H groups in total. The van der Waals surface area contributed by atoms with Gasteiger partial charge in [0, 0.05) is 6.07 Å². The number of hydrogen-bond acceptors (Lipinski definition) is 5. The molecule has 2 heterocycles. The first kappa shape index (κ1) is 14.6. The quantitative estimate of drug-likeness (QED) is 0.575. The lowest BCUT2D eigenvalue weighted by molar-refractivity contribution is -0.384. The average molecular weight is 312 g/mol. The van der Waals surface area contributed by atoms with Crippen molar-refractivity contribution in [1.82, 2.24) is 5.32 Å². The van der Waals surface area contributed by atoms with Gasteiger partial charge in [0.25, 0.3) is 11.6 Å². The second kappa shape index (κ2) is 6.18. The number of amides is 1. The van der Waals surface area contributed by atoms with E-state index >= 15 is 0 Å². The Labute approximate surface area is 130 Å². The molecule has 1 aromatic carbocycles. The molecule has 0 aliphatic heterocycles. The molecule has 0 bridgehead atoms. The van der Waals surface area contributed by atoms with E-state index < -0.39 is 10.8 Å². The van der Waals surface area contributed by atoms with Crippen LogP contribution in [-0.2, 0) is 6.54 Å². The molecule has 116 valence electrons. The first-order valence-corrected chi connectivity index (χ1v) is 6.79. The zero-order chi connectivity index (χ0) is 16.2. The lowest BCUT2D eigenvalue weighted by atomic mass is 10.1. The summed E-state index contributed by atoms with van der Waals surface area (Å²) in [5, 5.41) is 13.7. The zero-order valence-corrected chi connectivity index (χ0v) is 11.9. The van der Waals surface area contributed by atoms with Crippen molar-refractivity contribution in [2.75, 3.05) is 0 Å². The van der Waals surface area contributed by atoms with Crippen molar-refractivity contribution in [2.45, 2.75) is 6.54 Å². The molecule has 0 saturated heterocycles. The van der Waals surface area contributed by atoms with Crippen LogP contribution < -0.4 is 5.32 Å². The highest BCUT2D eigenvalue weighted by Gasteiger charge is 2.19. The Morgan fingerprint density at radius 3 is 2.70 bits per heavy atom. The Hall–Kier alpha value is -3.35. The van der Waals surface area contributed by atoms with Crippen LogP contribution in [0.4, 0.5) is 5.69 Å². The molecule has 0 saturated carbocycles. The summed E-state index contributed by atoms with van der Waals surface area (Å²) in [6.45, 7) is 0.230. The third kappa shape index (κ3) is 3.13. The highest BCUT2D eigenvalue weighted by molar-refractivity contribution is 5.92. The summed E-state index contributed by atoms with van der Waals surface area (Å²) in [4.78, 5) is 22.6. The third-order valence-corrected chi connectivity index (χ3v) is 3.20. The van der Waals surface area contributed by atoms with Crippen LogP contribution >= 0.6 is 0 Å². The summed E-state index contributed by atoms with van der Waals surface area (Å²) in [7, 11) is 0. The minimum Gasteiger partial charge on any atom is -0.467 e. The first-order valence-electron chi connectivity index (χ1n) is 6.79. The van der Waals surface area contributed by atoms with Crippen molar-refractivity contribution in [3.8, 4) is 11.3 Å². The minimum absolute atomic E-state index is 0.0738. The van der Waals surface area contributed by atoms with Crippen LogP contribution in [0.2, 0.25) is 0 Å². The van der Waals surface area contributed by atoms with Crippen LogP contribution in [0.3, 0.4) is 0 Å². The molecule has 1 amide bonds. The van der Waals surface area contributed by atoms with Gasteiger partial charge >= 0.3 is 0 Å². The molecule has 3 rings (SSSR count). The van der Waals surface area contributed by atoms with E-state index in [-0.39, 0.29) is 23.8 Å². The number of nitrogens with zero attached hydrogens (tertiary/aromatic N) is 1. The topological polar surface area (TPSA) is 98.5 Å². The molecule has 0 spiro atoms. The molecule has 7 nitrogen and oxygen atoms in total. The Kier molecular flexibility index (Phi) is 3.92. The molecule has 0 aliphatic rings. The van der Waals surface area contributed by atoms with E-state index in [0.717, 1.165) is 0 Å². The van der Waals surface area contributed by atoms with Crippen molar-refractivity contribution in [3.63, 3.8) is 0 Å². The van der Waals surface area contributed by atoms with E-state index in [9.17, 15) is 14.9 Å². The van der Waals surface area contributed by atoms with Crippen LogP contribution in [-0.4, -0.2) is 10.8 Å². The Morgan fingerprint density at radius 2 is 1.96 bits per heavy atom. The van der Waals surface area contributed by atoms with E-state index in [1.165, 1.54) is 24.5 Å². The van der Waals surface area contributed by atoms with E-state index in [1.807, 2.05) is 0 Å². The maximum Gasteiger partial charge on any atom is 0.287 e. The predicted octanol–water partition coefficient (Wildman–Crippen LogP) is 3.38. The van der Waals surface area contributed by atoms with Gasteiger partial charge in [0.1, 0.15) is 11.5 Å². The number of furan rings is 2. The molecule has 0 fully saturated rings. The standard InChI is InChI=1S/C16H12N2O5/c19-16(17-10-11-4-3-9-22-11)15-8-7-14(23-15)12-5-1-2-6-13(12)18(20)21/h1-9H,10H2,(H,17,19). The largest absolute Gasteiger partial charge is 0.467 e. The van der Waals surface area contributed by atoms with E-state index in [2.05, 4.69) is 5.32 Å². The fraction of sp³-hybridized carbons (Fsp3) is 0.0625. The van der Waals surface area contributed by atoms with Crippen molar-refractivity contribution in [1.29, 1.82) is 0 Å². The molecular weight excluding hydrogens is 300 g/mol. The fourth-order valence-corrected chi connectivity index (χ4v) is 2.11. The van der Waals surface area contributed by atoms with Gasteiger partial charge in [-0.05, 0) is 30.3 Å². The minimum atomic E-state index is -0.492. The number of nitro groups is 1. The Balaban J connectivity index is 1.78. The number of hydrogen-bond donors (Lipinski definition) is 1. The summed E-state index contributed by atoms with van der Waals surface area (Å²) in [5.41, 5.74) is 0.243. The number of carbonyl (C=O) groups is 1. The summed E-state index contributed by atoms with van der Waals surface area (Å²) >= 11 is 0. The van der Waals surface area contributed by atoms with Gasteiger partial charge in [0.2, 0.25) is 0 Å². The summed E-state index contributed by atoms with van der Waals surface area (Å²) in [6, 6.07) is 12.7. The van der Waals surface area contributed by atoms with Gasteiger partial charge in [0.05, 0.1) is 23.3 Å². The van der Waals surface area contributed by atoms with Crippen molar-refractivity contribution in [3.05, 3.63) is 76.4 Å². The molecule has 2 aromatic heterocycles. The average Bonchev–Trinajstić information content (AvgIpc) is 3.24. The highest BCUT2D eigenvalue weighted by atomic mass is 16.6. The molecule has 23 heavy (non-hydrogen) atoms. The number of benzene rings is 1. The van der Waals surface area contributed by atoms with Crippen molar-refractivity contribution >= 4 is 11.6 Å². The number of para-hydroxylation sites is 1. The molecule has 0 unspecified atom stereocenters. The molecule has 0 aliphatic carbocycles. The van der Waals surface area contributed by atoms with E-state index in [0.29, 0.717) is 11.3 Å². The molecule has 0 radical (unpaired) electrons. The van der Waals surface area contributed by atoms with Crippen LogP contribution in [0.15, 0.2) is 63.6 Å². The molecule has 0 atom stereocenters. The van der Waals surface area contributed by atoms with Gasteiger partial charge in [-0.1, -0.05) is 12.1 Å². The maximum absolute atomic E-state index is 12.0. The maximum atomic E-state index is 12.0. The van der Waals surface area contributed by atoms with Gasteiger partial charge < -0.3 is 14.2 Å². The van der Waals surface area contributed by atoms with E-state index in [1.54, 1.807) is 30.3 Å². The second-order valence-electron chi connectivity index (χ2n) is 4.70. The van der Waals surface area contributed by atoms with Gasteiger partial charge in [0.15, 0.2) is 5.76 Å². The van der Waals surface area contributed by atoms with Crippen LogP contribution in [0, 0.1) is 10.1 Å². The molecular formula is C16H12N2O5. The SMILES string of the molecule is O=C(NCc1ccco1)c1ccc(-c2ccccc2[N+](=O)[O-])o1. The summed E-state index contributed by atoms with van der Waals surface area (Å²) in [5.74, 6) is 0.528. The number of carbonyl (C=O) groups excluding carboxylic acids is 1. The molecule has 7 heteroatoms. The lowest BCUT2D eigenvalue weighted by Gasteiger charge is -2.01. The Morgan fingerprint density at radius 1 is 1.13 bits per heavy atom. The second-order valence-corrected chi connectivity index (χ2v) is 4.70. The smallest absolute Gasteiger partial charge is 0.287 e. The first-order chi connectivity index (χ1) is 11.1. The monoisotopic (exact) mass is 312 g/mol. The summed E-state index contributed by atoms with van der Waals surface area (Å²) < 4.78 is 10.6. The van der Waals surface area contributed by atoms with Crippen molar-refractivity contribution < 1.29 is 18.6 Å². The predicted molar refractivity (Wildman–Crippen MR) is 80.7 cm³/mol. The van der Waals surface area contributed by atoms with Crippen LogP contribution in [0.5, 0.6) is 0 Å². The number of nitrogens with one attached hydrogen (secondary N) is 1. The third-order valence-electron chi connectivity index (χ3n) is 3.20. The van der Waals surface area contributed by atoms with Gasteiger partial charge in [-0.15, -0.1) is 0 Å². The fourth-order valence-electron chi connectivity index (χ4n) is 2.11. The van der Waals surface area contributed by atoms with Gasteiger partial charge in [-0.2, -0.15) is 0 Å². The normalized spacial score (nSPS) is 10.4. The van der Waals surface area contributed by atoms with Gasteiger partial charge in [-0.25, -0.2) is 0 Å². The van der Waals surface area contributed by atoms with Crippen LogP contribution in [0.25, 0.3) is 11.3 Å².